The molecule has 0 spiro atoms. The molecule has 1 amide bonds. The molecule has 5 N–H and O–H groups in total. The number of carbonyl (C=O) groups is 1. The number of benzene rings is 2. The molecule has 1 aliphatic carbocycles. The van der Waals surface area contributed by atoms with Crippen LogP contribution in [0.15, 0.2) is 72.1 Å². The molecule has 32 heavy (non-hydrogen) atoms. The van der Waals surface area contributed by atoms with E-state index in [1.165, 1.54) is 19.0 Å². The molecule has 1 fully saturated rings. The van der Waals surface area contributed by atoms with Gasteiger partial charge in [-0.1, -0.05) is 6.58 Å². The van der Waals surface area contributed by atoms with Crippen LogP contribution in [0.5, 0.6) is 5.75 Å². The van der Waals surface area contributed by atoms with Crippen molar-refractivity contribution in [1.82, 2.24) is 5.32 Å². The minimum absolute atomic E-state index is 0.0505. The van der Waals surface area contributed by atoms with Gasteiger partial charge in [0.25, 0.3) is 5.91 Å². The Morgan fingerprint density at radius 1 is 1.25 bits per heavy atom. The predicted octanol–water partition coefficient (Wildman–Crippen LogP) is 3.74. The van der Waals surface area contributed by atoms with Gasteiger partial charge >= 0.3 is 0 Å². The first kappa shape index (κ1) is 21.5. The average Bonchev–Trinajstić information content (AvgIpc) is 3.61. The van der Waals surface area contributed by atoms with E-state index in [2.05, 4.69) is 27.1 Å². The summed E-state index contributed by atoms with van der Waals surface area (Å²) in [6.07, 6.45) is 7.45. The molecule has 0 aromatic heterocycles. The topological polar surface area (TPSA) is 103 Å². The number of anilines is 2. The molecule has 4 rings (SSSR count). The van der Waals surface area contributed by atoms with E-state index < -0.39 is 0 Å². The highest BCUT2D eigenvalue weighted by Crippen LogP contribution is 2.31. The first-order valence-electron chi connectivity index (χ1n) is 10.9. The molecule has 2 aromatic carbocycles. The number of fused-ring (bicyclic) bond motifs is 1. The highest BCUT2D eigenvalue weighted by Gasteiger charge is 2.22. The summed E-state index contributed by atoms with van der Waals surface area (Å²) in [4.78, 5) is 18.9. The summed E-state index contributed by atoms with van der Waals surface area (Å²) in [5.74, 6) is 1.97. The lowest BCUT2D eigenvalue weighted by molar-refractivity contribution is 0.0952. The third kappa shape index (κ3) is 5.29. The smallest absolute Gasteiger partial charge is 0.251 e. The van der Waals surface area contributed by atoms with Gasteiger partial charge in [-0.05, 0) is 91.9 Å². The van der Waals surface area contributed by atoms with Crippen LogP contribution < -0.4 is 21.3 Å². The number of aliphatic imine (C=N–C) groups is 1. The Hall–Kier alpha value is -3.74. The fraction of sp³-hybridized carbons (Fsp3) is 0.280. The highest BCUT2D eigenvalue weighted by molar-refractivity contribution is 6.07. The third-order valence-electron chi connectivity index (χ3n) is 5.64. The van der Waals surface area contributed by atoms with E-state index >= 15 is 0 Å². The number of nitrogens with two attached hydrogens (primary N) is 1. The van der Waals surface area contributed by atoms with Crippen molar-refractivity contribution in [3.05, 3.63) is 78.3 Å². The molecule has 0 unspecified atom stereocenters. The number of rotatable bonds is 7. The van der Waals surface area contributed by atoms with E-state index in [4.69, 9.17) is 5.73 Å². The van der Waals surface area contributed by atoms with Crippen LogP contribution in [0, 0.1) is 5.92 Å². The lowest BCUT2D eigenvalue weighted by atomic mass is 10.0. The fourth-order valence-electron chi connectivity index (χ4n) is 3.79. The van der Waals surface area contributed by atoms with Crippen molar-refractivity contribution >= 4 is 23.1 Å². The van der Waals surface area contributed by atoms with Crippen LogP contribution in [0.25, 0.3) is 0 Å². The van der Waals surface area contributed by atoms with E-state index in [-0.39, 0.29) is 11.7 Å². The van der Waals surface area contributed by atoms with E-state index in [1.807, 2.05) is 18.2 Å². The predicted molar refractivity (Wildman–Crippen MR) is 129 cm³/mol. The van der Waals surface area contributed by atoms with Gasteiger partial charge in [-0.2, -0.15) is 0 Å². The molecule has 0 atom stereocenters. The molecule has 1 saturated carbocycles. The first-order chi connectivity index (χ1) is 15.5. The summed E-state index contributed by atoms with van der Waals surface area (Å²) in [7, 11) is 0. The van der Waals surface area contributed by atoms with Gasteiger partial charge in [0.15, 0.2) is 0 Å². The maximum Gasteiger partial charge on any atom is 0.251 e. The van der Waals surface area contributed by atoms with Crippen LogP contribution in [0.1, 0.15) is 35.2 Å². The number of hydrogen-bond donors (Lipinski definition) is 4. The van der Waals surface area contributed by atoms with Crippen molar-refractivity contribution in [2.75, 3.05) is 23.3 Å². The van der Waals surface area contributed by atoms with Crippen molar-refractivity contribution in [3.63, 3.8) is 0 Å². The second-order valence-electron chi connectivity index (χ2n) is 8.20. The second-order valence-corrected chi connectivity index (χ2v) is 8.20. The zero-order valence-electron chi connectivity index (χ0n) is 18.1. The monoisotopic (exact) mass is 431 g/mol. The third-order valence-corrected chi connectivity index (χ3v) is 5.64. The molecule has 0 saturated heterocycles. The lowest BCUT2D eigenvalue weighted by Gasteiger charge is -2.31. The van der Waals surface area contributed by atoms with Crippen LogP contribution in [0.4, 0.5) is 11.4 Å². The van der Waals surface area contributed by atoms with Crippen LogP contribution in [-0.2, 0) is 6.42 Å². The standard InChI is InChI=1S/C25H29N5O2/c1-17(28-21-8-6-19(7-9-21)25(32)27-16-18-4-5-18)29-24(12-13-26)30-14-2-3-20-15-22(31)10-11-23(20)30/h6-13,15,18,28,31H,1-5,14,16,26H2,(H,27,32)/b13-12-,29-24?. The Bertz CT molecular complexity index is 1050. The van der Waals surface area contributed by atoms with Crippen molar-refractivity contribution in [3.8, 4) is 5.75 Å². The highest BCUT2D eigenvalue weighted by atomic mass is 16.3. The number of aromatic hydroxyl groups is 1. The minimum atomic E-state index is -0.0505. The van der Waals surface area contributed by atoms with Crippen molar-refractivity contribution in [2.45, 2.75) is 25.7 Å². The summed E-state index contributed by atoms with van der Waals surface area (Å²) in [5, 5.41) is 15.9. The quantitative estimate of drug-likeness (QED) is 0.395. The number of aryl methyl sites for hydroxylation is 1. The average molecular weight is 432 g/mol. The normalized spacial score (nSPS) is 16.0. The summed E-state index contributed by atoms with van der Waals surface area (Å²) in [6.45, 7) is 5.57. The SMILES string of the molecule is C=C(N=C(/C=C\N)N1CCCc2cc(O)ccc21)Nc1ccc(C(=O)NCC2CC2)cc1. The van der Waals surface area contributed by atoms with Crippen molar-refractivity contribution < 1.29 is 9.90 Å². The van der Waals surface area contributed by atoms with E-state index in [0.717, 1.165) is 42.9 Å². The number of nitrogens with zero attached hydrogens (tertiary/aromatic N) is 2. The fourth-order valence-corrected chi connectivity index (χ4v) is 3.79. The molecule has 0 bridgehead atoms. The Kier molecular flexibility index (Phi) is 6.44. The van der Waals surface area contributed by atoms with Gasteiger partial charge in [-0.15, -0.1) is 0 Å². The number of carbonyl (C=O) groups excluding carboxylic acids is 1. The summed E-state index contributed by atoms with van der Waals surface area (Å²) in [6, 6.07) is 12.6. The minimum Gasteiger partial charge on any atom is -0.508 e. The van der Waals surface area contributed by atoms with Gasteiger partial charge in [-0.3, -0.25) is 4.79 Å². The maximum absolute atomic E-state index is 12.2. The lowest BCUT2D eigenvalue weighted by Crippen LogP contribution is -2.34. The largest absolute Gasteiger partial charge is 0.508 e. The molecule has 2 aromatic rings. The number of phenols is 1. The maximum atomic E-state index is 12.2. The van der Waals surface area contributed by atoms with Gasteiger partial charge in [-0.25, -0.2) is 4.99 Å². The molecule has 0 radical (unpaired) electrons. The van der Waals surface area contributed by atoms with Gasteiger partial charge in [0.05, 0.1) is 0 Å². The molecular weight excluding hydrogens is 402 g/mol. The number of hydrogen-bond acceptors (Lipinski definition) is 5. The van der Waals surface area contributed by atoms with Gasteiger partial charge in [0, 0.05) is 30.0 Å². The molecule has 1 aliphatic heterocycles. The molecule has 2 aliphatic rings. The molecule has 166 valence electrons. The Morgan fingerprint density at radius 2 is 2.03 bits per heavy atom. The zero-order valence-corrected chi connectivity index (χ0v) is 18.1. The first-order valence-corrected chi connectivity index (χ1v) is 10.9. The van der Waals surface area contributed by atoms with Crippen LogP contribution in [0.2, 0.25) is 0 Å². The van der Waals surface area contributed by atoms with Gasteiger partial charge in [0.2, 0.25) is 0 Å². The van der Waals surface area contributed by atoms with Crippen molar-refractivity contribution in [2.24, 2.45) is 16.6 Å². The Balaban J connectivity index is 1.45. The van der Waals surface area contributed by atoms with Crippen LogP contribution in [0.3, 0.4) is 0 Å². The number of nitrogens with one attached hydrogen (secondary N) is 2. The second kappa shape index (κ2) is 9.60. The molecule has 7 nitrogen and oxygen atoms in total. The molecule has 7 heteroatoms. The van der Waals surface area contributed by atoms with Gasteiger partial charge < -0.3 is 26.4 Å². The summed E-state index contributed by atoms with van der Waals surface area (Å²) < 4.78 is 0. The Labute approximate surface area is 188 Å². The summed E-state index contributed by atoms with van der Waals surface area (Å²) in [5.41, 5.74) is 9.18. The summed E-state index contributed by atoms with van der Waals surface area (Å²) >= 11 is 0. The molecular formula is C25H29N5O2. The molecule has 1 heterocycles. The van der Waals surface area contributed by atoms with E-state index in [1.54, 1.807) is 30.3 Å². The zero-order chi connectivity index (χ0) is 22.5. The van der Waals surface area contributed by atoms with Crippen LogP contribution in [-0.4, -0.2) is 29.9 Å². The number of phenolic OH excluding ortho intramolecular Hbond substituents is 1. The number of amides is 1. The number of amidine groups is 1. The van der Waals surface area contributed by atoms with E-state index in [9.17, 15) is 9.90 Å². The van der Waals surface area contributed by atoms with Crippen LogP contribution >= 0.6 is 0 Å². The van der Waals surface area contributed by atoms with E-state index in [0.29, 0.717) is 23.1 Å². The van der Waals surface area contributed by atoms with Crippen molar-refractivity contribution in [1.29, 1.82) is 0 Å². The van der Waals surface area contributed by atoms with Gasteiger partial charge in [0.1, 0.15) is 17.4 Å². The Morgan fingerprint density at radius 3 is 2.75 bits per heavy atom.